The molecule has 0 atom stereocenters. The largest absolute Gasteiger partial charge is 0.491 e. The summed E-state index contributed by atoms with van der Waals surface area (Å²) in [5.74, 6) is 0.906. The molecule has 0 N–H and O–H groups in total. The molecule has 0 unspecified atom stereocenters. The second kappa shape index (κ2) is 9.26. The van der Waals surface area contributed by atoms with E-state index in [1.54, 1.807) is 11.3 Å². The first-order valence-electron chi connectivity index (χ1n) is 10.5. The summed E-state index contributed by atoms with van der Waals surface area (Å²) in [4.78, 5) is 22.1. The Balaban J connectivity index is 1.56. The molecular weight excluding hydrogens is 382 g/mol. The number of thiazole rings is 1. The molecule has 0 bridgehead atoms. The summed E-state index contributed by atoms with van der Waals surface area (Å²) in [6.07, 6.45) is 1.11. The van der Waals surface area contributed by atoms with Crippen LogP contribution in [0, 0.1) is 0 Å². The fourth-order valence-corrected chi connectivity index (χ4v) is 4.31. The maximum absolute atomic E-state index is 12.9. The fraction of sp³-hybridized carbons (Fsp3) is 0.565. The van der Waals surface area contributed by atoms with Crippen molar-refractivity contribution in [2.45, 2.75) is 59.1 Å². The minimum absolute atomic E-state index is 0.0979. The Morgan fingerprint density at radius 1 is 1.14 bits per heavy atom. The Kier molecular flexibility index (Phi) is 6.96. The van der Waals surface area contributed by atoms with Gasteiger partial charge in [-0.2, -0.15) is 0 Å². The van der Waals surface area contributed by atoms with Crippen LogP contribution < -0.4 is 4.74 Å². The first-order valence-corrected chi connectivity index (χ1v) is 11.3. The first kappa shape index (κ1) is 21.8. The predicted octanol–water partition coefficient (Wildman–Crippen LogP) is 4.58. The number of aromatic nitrogens is 1. The molecule has 158 valence electrons. The van der Waals surface area contributed by atoms with Crippen molar-refractivity contribution in [1.82, 2.24) is 14.8 Å². The van der Waals surface area contributed by atoms with E-state index in [4.69, 9.17) is 9.72 Å². The van der Waals surface area contributed by atoms with Crippen LogP contribution in [0.5, 0.6) is 5.75 Å². The maximum Gasteiger partial charge on any atom is 0.253 e. The molecule has 29 heavy (non-hydrogen) atoms. The van der Waals surface area contributed by atoms with Gasteiger partial charge in [-0.25, -0.2) is 4.98 Å². The van der Waals surface area contributed by atoms with Crippen LogP contribution in [-0.2, 0) is 12.0 Å². The lowest BCUT2D eigenvalue weighted by Crippen LogP contribution is -2.35. The normalized spacial score (nSPS) is 16.1. The second-order valence-corrected chi connectivity index (χ2v) is 9.86. The van der Waals surface area contributed by atoms with Gasteiger partial charge in [0.25, 0.3) is 5.91 Å². The summed E-state index contributed by atoms with van der Waals surface area (Å²) >= 11 is 1.75. The van der Waals surface area contributed by atoms with Crippen molar-refractivity contribution in [3.63, 3.8) is 0 Å². The van der Waals surface area contributed by atoms with E-state index >= 15 is 0 Å². The Bertz CT molecular complexity index is 808. The molecule has 0 aliphatic carbocycles. The lowest BCUT2D eigenvalue weighted by atomic mass is 9.98. The molecule has 1 saturated heterocycles. The van der Waals surface area contributed by atoms with Crippen molar-refractivity contribution in [2.75, 3.05) is 26.2 Å². The molecule has 0 spiro atoms. The maximum atomic E-state index is 12.9. The average Bonchev–Trinajstić information content (AvgIpc) is 3.01. The quantitative estimate of drug-likeness (QED) is 0.717. The van der Waals surface area contributed by atoms with E-state index in [1.165, 1.54) is 5.01 Å². The van der Waals surface area contributed by atoms with E-state index < -0.39 is 0 Å². The zero-order chi connectivity index (χ0) is 21.0. The van der Waals surface area contributed by atoms with Crippen LogP contribution in [-0.4, -0.2) is 53.0 Å². The lowest BCUT2D eigenvalue weighted by molar-refractivity contribution is 0.0761. The molecule has 1 aromatic carbocycles. The number of carbonyl (C=O) groups excluding carboxylic acids is 1. The van der Waals surface area contributed by atoms with Crippen LogP contribution in [0.2, 0.25) is 0 Å². The number of nitrogens with zero attached hydrogens (tertiary/aromatic N) is 3. The van der Waals surface area contributed by atoms with Crippen molar-refractivity contribution < 1.29 is 9.53 Å². The molecule has 1 fully saturated rings. The third-order valence-electron chi connectivity index (χ3n) is 4.93. The van der Waals surface area contributed by atoms with Crippen molar-refractivity contribution in [2.24, 2.45) is 0 Å². The monoisotopic (exact) mass is 415 g/mol. The number of hydrogen-bond donors (Lipinski definition) is 0. The standard InChI is InChI=1S/C23H33N3O2S/c1-17(2)28-20-9-7-18(8-10-20)21(27)26-12-6-11-25(13-14-26)15-19-16-29-22(24-19)23(3,4)5/h7-10,16-17H,6,11-15H2,1-5H3. The molecule has 2 heterocycles. The molecule has 6 heteroatoms. The summed E-state index contributed by atoms with van der Waals surface area (Å²) in [7, 11) is 0. The smallest absolute Gasteiger partial charge is 0.253 e. The topological polar surface area (TPSA) is 45.7 Å². The van der Waals surface area contributed by atoms with Crippen molar-refractivity contribution in [3.8, 4) is 5.75 Å². The van der Waals surface area contributed by atoms with Crippen LogP contribution in [0.15, 0.2) is 29.6 Å². The van der Waals surface area contributed by atoms with Gasteiger partial charge in [-0.05, 0) is 44.5 Å². The van der Waals surface area contributed by atoms with Crippen LogP contribution in [0.3, 0.4) is 0 Å². The van der Waals surface area contributed by atoms with Crippen LogP contribution in [0.4, 0.5) is 0 Å². The number of carbonyl (C=O) groups is 1. The minimum Gasteiger partial charge on any atom is -0.491 e. The number of amides is 1. The van der Waals surface area contributed by atoms with Gasteiger partial charge < -0.3 is 9.64 Å². The molecule has 0 saturated carbocycles. The Morgan fingerprint density at radius 3 is 2.48 bits per heavy atom. The van der Waals surface area contributed by atoms with Gasteiger partial charge >= 0.3 is 0 Å². The molecule has 1 aromatic heterocycles. The molecular formula is C23H33N3O2S. The van der Waals surface area contributed by atoms with Crippen molar-refractivity contribution in [3.05, 3.63) is 45.9 Å². The SMILES string of the molecule is CC(C)Oc1ccc(C(=O)N2CCCN(Cc3csc(C(C)(C)C)n3)CC2)cc1. The molecule has 0 radical (unpaired) electrons. The zero-order valence-electron chi connectivity index (χ0n) is 18.3. The molecule has 5 nitrogen and oxygen atoms in total. The third-order valence-corrected chi connectivity index (χ3v) is 6.24. The molecule has 1 amide bonds. The summed E-state index contributed by atoms with van der Waals surface area (Å²) in [6, 6.07) is 7.50. The number of hydrogen-bond acceptors (Lipinski definition) is 5. The van der Waals surface area contributed by atoms with Gasteiger partial charge in [0.15, 0.2) is 0 Å². The van der Waals surface area contributed by atoms with E-state index in [1.807, 2.05) is 43.0 Å². The Hall–Kier alpha value is -1.92. The summed E-state index contributed by atoms with van der Waals surface area (Å²) in [6.45, 7) is 14.9. The van der Waals surface area contributed by atoms with E-state index in [9.17, 15) is 4.79 Å². The summed E-state index contributed by atoms with van der Waals surface area (Å²) < 4.78 is 5.67. The number of benzene rings is 1. The van der Waals surface area contributed by atoms with Gasteiger partial charge in [0.2, 0.25) is 0 Å². The number of rotatable bonds is 5. The van der Waals surface area contributed by atoms with Gasteiger partial charge in [0, 0.05) is 49.1 Å². The van der Waals surface area contributed by atoms with Gasteiger partial charge in [-0.3, -0.25) is 9.69 Å². The highest BCUT2D eigenvalue weighted by molar-refractivity contribution is 7.09. The lowest BCUT2D eigenvalue weighted by Gasteiger charge is -2.22. The van der Waals surface area contributed by atoms with Crippen LogP contribution in [0.25, 0.3) is 0 Å². The zero-order valence-corrected chi connectivity index (χ0v) is 19.1. The summed E-state index contributed by atoms with van der Waals surface area (Å²) in [5.41, 5.74) is 1.96. The minimum atomic E-state index is 0.0979. The Labute approximate surface area is 178 Å². The van der Waals surface area contributed by atoms with E-state index in [2.05, 4.69) is 31.1 Å². The van der Waals surface area contributed by atoms with Gasteiger partial charge in [0.05, 0.1) is 16.8 Å². The molecule has 2 aromatic rings. The molecule has 3 rings (SSSR count). The van der Waals surface area contributed by atoms with E-state index in [0.717, 1.165) is 56.2 Å². The van der Waals surface area contributed by atoms with Crippen molar-refractivity contribution in [1.29, 1.82) is 0 Å². The van der Waals surface area contributed by atoms with Gasteiger partial charge in [0.1, 0.15) is 5.75 Å². The fourth-order valence-electron chi connectivity index (χ4n) is 3.42. The van der Waals surface area contributed by atoms with Crippen LogP contribution >= 0.6 is 11.3 Å². The second-order valence-electron chi connectivity index (χ2n) is 9.01. The van der Waals surface area contributed by atoms with Gasteiger partial charge in [-0.15, -0.1) is 11.3 Å². The third kappa shape index (κ3) is 6.03. The molecule has 1 aliphatic rings. The highest BCUT2D eigenvalue weighted by atomic mass is 32.1. The van der Waals surface area contributed by atoms with Gasteiger partial charge in [-0.1, -0.05) is 20.8 Å². The van der Waals surface area contributed by atoms with E-state index in [0.29, 0.717) is 0 Å². The van der Waals surface area contributed by atoms with E-state index in [-0.39, 0.29) is 17.4 Å². The first-order chi connectivity index (χ1) is 13.7. The Morgan fingerprint density at radius 2 is 1.86 bits per heavy atom. The predicted molar refractivity (Wildman–Crippen MR) is 119 cm³/mol. The molecule has 1 aliphatic heterocycles. The average molecular weight is 416 g/mol. The highest BCUT2D eigenvalue weighted by Crippen LogP contribution is 2.26. The summed E-state index contributed by atoms with van der Waals surface area (Å²) in [5, 5.41) is 3.36. The van der Waals surface area contributed by atoms with Crippen LogP contribution in [0.1, 0.15) is 62.1 Å². The van der Waals surface area contributed by atoms with Crippen molar-refractivity contribution >= 4 is 17.2 Å². The highest BCUT2D eigenvalue weighted by Gasteiger charge is 2.22. The number of ether oxygens (including phenoxy) is 1.